The lowest BCUT2D eigenvalue weighted by molar-refractivity contribution is -0.152. The van der Waals surface area contributed by atoms with Gasteiger partial charge in [-0.15, -0.1) is 0 Å². The standard InChI is InChI=1S/C10H20O3/c1-9(2,3)10(4,5)7-13-8(12)6-11/h11H,6-7H2,1-5H3. The van der Waals surface area contributed by atoms with Crippen molar-refractivity contribution >= 4 is 5.97 Å². The highest BCUT2D eigenvalue weighted by atomic mass is 16.5. The van der Waals surface area contributed by atoms with E-state index < -0.39 is 12.6 Å². The maximum absolute atomic E-state index is 10.7. The molecule has 0 aliphatic heterocycles. The maximum Gasteiger partial charge on any atom is 0.331 e. The SMILES string of the molecule is CC(C)(C)C(C)(C)COC(=O)CO. The largest absolute Gasteiger partial charge is 0.463 e. The first kappa shape index (κ1) is 12.4. The maximum atomic E-state index is 10.7. The second-order valence-electron chi connectivity index (χ2n) is 4.95. The van der Waals surface area contributed by atoms with Crippen LogP contribution >= 0.6 is 0 Å². The van der Waals surface area contributed by atoms with Crippen molar-refractivity contribution in [1.29, 1.82) is 0 Å². The van der Waals surface area contributed by atoms with Crippen molar-refractivity contribution in [2.24, 2.45) is 10.8 Å². The van der Waals surface area contributed by atoms with Gasteiger partial charge < -0.3 is 9.84 Å². The van der Waals surface area contributed by atoms with Gasteiger partial charge in [0.2, 0.25) is 0 Å². The molecular weight excluding hydrogens is 168 g/mol. The Labute approximate surface area is 80.1 Å². The fourth-order valence-corrected chi connectivity index (χ4v) is 0.523. The third-order valence-corrected chi connectivity index (χ3v) is 2.75. The predicted molar refractivity (Wildman–Crippen MR) is 51.3 cm³/mol. The van der Waals surface area contributed by atoms with E-state index in [2.05, 4.69) is 20.8 Å². The van der Waals surface area contributed by atoms with Crippen LogP contribution in [-0.4, -0.2) is 24.3 Å². The van der Waals surface area contributed by atoms with Gasteiger partial charge in [-0.25, -0.2) is 4.79 Å². The van der Waals surface area contributed by atoms with Crippen LogP contribution in [0.3, 0.4) is 0 Å². The summed E-state index contributed by atoms with van der Waals surface area (Å²) in [7, 11) is 0. The molecule has 78 valence electrons. The molecule has 0 aliphatic carbocycles. The molecule has 13 heavy (non-hydrogen) atoms. The molecule has 3 nitrogen and oxygen atoms in total. The lowest BCUT2D eigenvalue weighted by Crippen LogP contribution is -2.35. The van der Waals surface area contributed by atoms with Crippen LogP contribution in [0.25, 0.3) is 0 Å². The minimum absolute atomic E-state index is 0.0722. The van der Waals surface area contributed by atoms with E-state index in [-0.39, 0.29) is 10.8 Å². The fraction of sp³-hybridized carbons (Fsp3) is 0.900. The summed E-state index contributed by atoms with van der Waals surface area (Å²) in [6.07, 6.45) is 0. The van der Waals surface area contributed by atoms with Crippen molar-refractivity contribution in [1.82, 2.24) is 0 Å². The number of carbonyl (C=O) groups is 1. The second-order valence-corrected chi connectivity index (χ2v) is 4.95. The molecule has 0 aromatic carbocycles. The molecule has 0 saturated heterocycles. The van der Waals surface area contributed by atoms with Crippen molar-refractivity contribution < 1.29 is 14.6 Å². The first-order valence-electron chi connectivity index (χ1n) is 4.47. The number of carbonyl (C=O) groups excluding carboxylic acids is 1. The van der Waals surface area contributed by atoms with Crippen molar-refractivity contribution in [3.63, 3.8) is 0 Å². The topological polar surface area (TPSA) is 46.5 Å². The predicted octanol–water partition coefficient (Wildman–Crippen LogP) is 1.59. The molecular formula is C10H20O3. The van der Waals surface area contributed by atoms with Gasteiger partial charge in [-0.05, 0) is 5.41 Å². The van der Waals surface area contributed by atoms with Gasteiger partial charge in [0.05, 0.1) is 6.61 Å². The van der Waals surface area contributed by atoms with Gasteiger partial charge in [0.25, 0.3) is 0 Å². The van der Waals surface area contributed by atoms with Gasteiger partial charge in [-0.1, -0.05) is 34.6 Å². The zero-order chi connectivity index (χ0) is 10.7. The molecule has 3 heteroatoms. The van der Waals surface area contributed by atoms with Crippen LogP contribution in [0.5, 0.6) is 0 Å². The van der Waals surface area contributed by atoms with Gasteiger partial charge in [0.15, 0.2) is 0 Å². The summed E-state index contributed by atoms with van der Waals surface area (Å²) < 4.78 is 4.89. The zero-order valence-electron chi connectivity index (χ0n) is 9.18. The van der Waals surface area contributed by atoms with Crippen LogP contribution in [0.15, 0.2) is 0 Å². The number of aliphatic hydroxyl groups excluding tert-OH is 1. The molecule has 0 heterocycles. The third-order valence-electron chi connectivity index (χ3n) is 2.75. The van der Waals surface area contributed by atoms with Gasteiger partial charge in [-0.2, -0.15) is 0 Å². The summed E-state index contributed by atoms with van der Waals surface area (Å²) in [6, 6.07) is 0. The molecule has 0 aromatic heterocycles. The Bertz CT molecular complexity index is 177. The molecule has 0 unspecified atom stereocenters. The fourth-order valence-electron chi connectivity index (χ4n) is 0.523. The van der Waals surface area contributed by atoms with Crippen molar-refractivity contribution in [2.45, 2.75) is 34.6 Å². The summed E-state index contributed by atoms with van der Waals surface area (Å²) in [5, 5.41) is 8.46. The van der Waals surface area contributed by atoms with Crippen LogP contribution in [-0.2, 0) is 9.53 Å². The van der Waals surface area contributed by atoms with E-state index in [0.717, 1.165) is 0 Å². The number of rotatable bonds is 3. The van der Waals surface area contributed by atoms with Crippen LogP contribution in [0.2, 0.25) is 0 Å². The Balaban J connectivity index is 4.12. The molecule has 0 aromatic rings. The van der Waals surface area contributed by atoms with Crippen LogP contribution in [0, 0.1) is 10.8 Å². The monoisotopic (exact) mass is 188 g/mol. The van der Waals surface area contributed by atoms with Gasteiger partial charge in [0.1, 0.15) is 6.61 Å². The van der Waals surface area contributed by atoms with E-state index in [0.29, 0.717) is 6.61 Å². The summed E-state index contributed by atoms with van der Waals surface area (Å²) in [5.74, 6) is -0.558. The Morgan fingerprint density at radius 3 is 2.00 bits per heavy atom. The zero-order valence-corrected chi connectivity index (χ0v) is 9.18. The number of aliphatic hydroxyl groups is 1. The van der Waals surface area contributed by atoms with E-state index in [9.17, 15) is 4.79 Å². The van der Waals surface area contributed by atoms with Crippen LogP contribution in [0.4, 0.5) is 0 Å². The number of hydrogen-bond acceptors (Lipinski definition) is 3. The summed E-state index contributed by atoms with van der Waals surface area (Å²) in [6.45, 7) is 10.2. The molecule has 0 radical (unpaired) electrons. The molecule has 0 saturated carbocycles. The summed E-state index contributed by atoms with van der Waals surface area (Å²) in [4.78, 5) is 10.7. The van der Waals surface area contributed by atoms with Gasteiger partial charge in [0, 0.05) is 5.41 Å². The lowest BCUT2D eigenvalue weighted by Gasteiger charge is -2.38. The third kappa shape index (κ3) is 3.77. The minimum Gasteiger partial charge on any atom is -0.463 e. The van der Waals surface area contributed by atoms with E-state index in [4.69, 9.17) is 9.84 Å². The Morgan fingerprint density at radius 2 is 1.69 bits per heavy atom. The highest BCUT2D eigenvalue weighted by molar-refractivity contribution is 5.70. The van der Waals surface area contributed by atoms with Gasteiger partial charge in [-0.3, -0.25) is 0 Å². The molecule has 1 N–H and O–H groups in total. The average molecular weight is 188 g/mol. The highest BCUT2D eigenvalue weighted by Gasteiger charge is 2.33. The van der Waals surface area contributed by atoms with Crippen molar-refractivity contribution in [3.8, 4) is 0 Å². The van der Waals surface area contributed by atoms with Crippen LogP contribution in [0.1, 0.15) is 34.6 Å². The van der Waals surface area contributed by atoms with E-state index in [1.807, 2.05) is 13.8 Å². The second kappa shape index (κ2) is 4.09. The minimum atomic E-state index is -0.558. The molecule has 0 aliphatic rings. The van der Waals surface area contributed by atoms with E-state index >= 15 is 0 Å². The Hall–Kier alpha value is -0.570. The lowest BCUT2D eigenvalue weighted by atomic mass is 9.70. The van der Waals surface area contributed by atoms with E-state index in [1.165, 1.54) is 0 Å². The first-order valence-corrected chi connectivity index (χ1v) is 4.47. The number of hydrogen-bond donors (Lipinski definition) is 1. The summed E-state index contributed by atoms with van der Waals surface area (Å²) in [5.41, 5.74) is -0.0133. The molecule has 0 rings (SSSR count). The summed E-state index contributed by atoms with van der Waals surface area (Å²) >= 11 is 0. The van der Waals surface area contributed by atoms with Crippen molar-refractivity contribution in [3.05, 3.63) is 0 Å². The molecule has 0 atom stereocenters. The molecule has 0 spiro atoms. The van der Waals surface area contributed by atoms with Crippen LogP contribution < -0.4 is 0 Å². The van der Waals surface area contributed by atoms with Gasteiger partial charge >= 0.3 is 5.97 Å². The average Bonchev–Trinajstić information content (AvgIpc) is 1.98. The first-order chi connectivity index (χ1) is 5.70. The highest BCUT2D eigenvalue weighted by Crippen LogP contribution is 2.37. The number of ether oxygens (including phenoxy) is 1. The Kier molecular flexibility index (Phi) is 3.91. The van der Waals surface area contributed by atoms with Crippen molar-refractivity contribution in [2.75, 3.05) is 13.2 Å². The quantitative estimate of drug-likeness (QED) is 0.684. The Morgan fingerprint density at radius 1 is 1.23 bits per heavy atom. The molecule has 0 fully saturated rings. The molecule has 0 amide bonds. The smallest absolute Gasteiger partial charge is 0.331 e. The number of esters is 1. The van der Waals surface area contributed by atoms with E-state index in [1.54, 1.807) is 0 Å². The normalized spacial score (nSPS) is 12.8. The molecule has 0 bridgehead atoms.